The molecule has 0 bridgehead atoms. The minimum atomic E-state index is 0.108. The summed E-state index contributed by atoms with van der Waals surface area (Å²) in [5.74, 6) is 2.82. The lowest BCUT2D eigenvalue weighted by Gasteiger charge is -2.29. The van der Waals surface area contributed by atoms with Crippen molar-refractivity contribution in [1.82, 2.24) is 19.7 Å². The molecule has 1 aromatic heterocycles. The number of aryl methyl sites for hydroxylation is 1. The maximum absolute atomic E-state index is 12.6. The van der Waals surface area contributed by atoms with Crippen molar-refractivity contribution in [2.75, 3.05) is 26.5 Å². The van der Waals surface area contributed by atoms with Crippen molar-refractivity contribution in [1.29, 1.82) is 0 Å². The predicted molar refractivity (Wildman–Crippen MR) is 99.8 cm³/mol. The second-order valence-corrected chi connectivity index (χ2v) is 7.08. The van der Waals surface area contributed by atoms with Crippen LogP contribution in [0.15, 0.2) is 17.3 Å². The third kappa shape index (κ3) is 3.65. The van der Waals surface area contributed by atoms with E-state index in [2.05, 4.69) is 10.2 Å². The van der Waals surface area contributed by atoms with Crippen LogP contribution in [0.25, 0.3) is 0 Å². The minimum absolute atomic E-state index is 0.108. The Morgan fingerprint density at radius 3 is 2.50 bits per heavy atom. The molecular formula is C18H24N4O3S. The van der Waals surface area contributed by atoms with Crippen LogP contribution in [0.5, 0.6) is 11.5 Å². The van der Waals surface area contributed by atoms with Crippen molar-refractivity contribution < 1.29 is 14.3 Å². The van der Waals surface area contributed by atoms with Crippen LogP contribution in [0, 0.1) is 0 Å². The maximum atomic E-state index is 12.6. The van der Waals surface area contributed by atoms with Crippen LogP contribution < -0.4 is 9.47 Å². The molecular weight excluding hydrogens is 352 g/mol. The van der Waals surface area contributed by atoms with Crippen molar-refractivity contribution in [2.24, 2.45) is 7.05 Å². The number of carbonyl (C=O) groups is 1. The SMILES string of the molecule is CCc1nnc(SCC(=O)N2CCc3cc(OC)c(OC)cc3C2)n1C. The summed E-state index contributed by atoms with van der Waals surface area (Å²) >= 11 is 1.43. The highest BCUT2D eigenvalue weighted by Gasteiger charge is 2.23. The molecule has 2 aromatic rings. The Morgan fingerprint density at radius 1 is 1.19 bits per heavy atom. The van der Waals surface area contributed by atoms with Gasteiger partial charge in [-0.3, -0.25) is 4.79 Å². The minimum Gasteiger partial charge on any atom is -0.493 e. The molecule has 1 amide bonds. The van der Waals surface area contributed by atoms with Crippen LogP contribution in [0.1, 0.15) is 23.9 Å². The third-order valence-corrected chi connectivity index (χ3v) is 5.64. The molecule has 1 aliphatic rings. The summed E-state index contributed by atoms with van der Waals surface area (Å²) < 4.78 is 12.7. The van der Waals surface area contributed by atoms with Gasteiger partial charge in [-0.1, -0.05) is 18.7 Å². The fourth-order valence-corrected chi connectivity index (χ4v) is 3.92. The van der Waals surface area contributed by atoms with Crippen molar-refractivity contribution in [3.05, 3.63) is 29.1 Å². The van der Waals surface area contributed by atoms with Gasteiger partial charge in [0, 0.05) is 26.6 Å². The zero-order valence-corrected chi connectivity index (χ0v) is 16.4. The summed E-state index contributed by atoms with van der Waals surface area (Å²) in [4.78, 5) is 14.5. The van der Waals surface area contributed by atoms with Gasteiger partial charge in [0.2, 0.25) is 5.91 Å². The molecule has 140 valence electrons. The molecule has 2 heterocycles. The molecule has 0 saturated carbocycles. The van der Waals surface area contributed by atoms with Gasteiger partial charge in [-0.05, 0) is 29.7 Å². The summed E-state index contributed by atoms with van der Waals surface area (Å²) in [6, 6.07) is 3.98. The molecule has 0 saturated heterocycles. The molecule has 1 aromatic carbocycles. The fourth-order valence-electron chi connectivity index (χ4n) is 3.09. The molecule has 0 unspecified atom stereocenters. The molecule has 0 N–H and O–H groups in total. The van der Waals surface area contributed by atoms with E-state index < -0.39 is 0 Å². The van der Waals surface area contributed by atoms with Crippen LogP contribution in [0.3, 0.4) is 0 Å². The first-order valence-electron chi connectivity index (χ1n) is 8.60. The number of rotatable bonds is 6. The lowest BCUT2D eigenvalue weighted by molar-refractivity contribution is -0.129. The standard InChI is InChI=1S/C18H24N4O3S/c1-5-16-19-20-18(21(16)2)26-11-17(23)22-7-6-12-8-14(24-3)15(25-4)9-13(12)10-22/h8-9H,5-7,10-11H2,1-4H3. The Labute approximate surface area is 157 Å². The summed E-state index contributed by atoms with van der Waals surface area (Å²) in [6.45, 7) is 3.34. The van der Waals surface area contributed by atoms with Gasteiger partial charge in [0.05, 0.1) is 20.0 Å². The number of ether oxygens (including phenoxy) is 2. The molecule has 1 aliphatic heterocycles. The molecule has 0 spiro atoms. The van der Waals surface area contributed by atoms with Gasteiger partial charge in [0.15, 0.2) is 16.7 Å². The van der Waals surface area contributed by atoms with Gasteiger partial charge in [-0.15, -0.1) is 10.2 Å². The number of nitrogens with zero attached hydrogens (tertiary/aromatic N) is 4. The van der Waals surface area contributed by atoms with Crippen LogP contribution in [0.4, 0.5) is 0 Å². The zero-order chi connectivity index (χ0) is 18.7. The molecule has 0 aliphatic carbocycles. The summed E-state index contributed by atoms with van der Waals surface area (Å²) in [7, 11) is 5.19. The molecule has 0 fully saturated rings. The Kier molecular flexibility index (Phi) is 5.70. The molecule has 8 heteroatoms. The Balaban J connectivity index is 1.66. The average Bonchev–Trinajstić information content (AvgIpc) is 3.03. The first kappa shape index (κ1) is 18.6. The van der Waals surface area contributed by atoms with Gasteiger partial charge in [0.25, 0.3) is 0 Å². The Morgan fingerprint density at radius 2 is 1.88 bits per heavy atom. The topological polar surface area (TPSA) is 69.5 Å². The summed E-state index contributed by atoms with van der Waals surface area (Å²) in [5, 5.41) is 9.06. The number of methoxy groups -OCH3 is 2. The Hall–Kier alpha value is -2.22. The van der Waals surface area contributed by atoms with Gasteiger partial charge >= 0.3 is 0 Å². The number of aromatic nitrogens is 3. The number of amides is 1. The lowest BCUT2D eigenvalue weighted by Crippen LogP contribution is -2.37. The molecule has 26 heavy (non-hydrogen) atoms. The fraction of sp³-hybridized carbons (Fsp3) is 0.500. The van der Waals surface area contributed by atoms with E-state index in [1.165, 1.54) is 17.3 Å². The van der Waals surface area contributed by atoms with E-state index in [1.54, 1.807) is 14.2 Å². The molecule has 3 rings (SSSR count). The van der Waals surface area contributed by atoms with Gasteiger partial charge in [-0.2, -0.15) is 0 Å². The highest BCUT2D eigenvalue weighted by atomic mass is 32.2. The molecule has 7 nitrogen and oxygen atoms in total. The largest absolute Gasteiger partial charge is 0.493 e. The number of hydrogen-bond donors (Lipinski definition) is 0. The van der Waals surface area contributed by atoms with E-state index in [0.717, 1.165) is 35.1 Å². The number of fused-ring (bicyclic) bond motifs is 1. The number of carbonyl (C=O) groups excluding carboxylic acids is 1. The second kappa shape index (κ2) is 7.99. The number of benzene rings is 1. The van der Waals surface area contributed by atoms with Crippen molar-refractivity contribution >= 4 is 17.7 Å². The van der Waals surface area contributed by atoms with Gasteiger partial charge in [-0.25, -0.2) is 0 Å². The lowest BCUT2D eigenvalue weighted by atomic mass is 9.99. The van der Waals surface area contributed by atoms with Crippen molar-refractivity contribution in [3.63, 3.8) is 0 Å². The number of thioether (sulfide) groups is 1. The highest BCUT2D eigenvalue weighted by molar-refractivity contribution is 7.99. The van der Waals surface area contributed by atoms with Gasteiger partial charge in [0.1, 0.15) is 5.82 Å². The highest BCUT2D eigenvalue weighted by Crippen LogP contribution is 2.33. The van der Waals surface area contributed by atoms with Crippen molar-refractivity contribution in [2.45, 2.75) is 31.5 Å². The van der Waals surface area contributed by atoms with Crippen molar-refractivity contribution in [3.8, 4) is 11.5 Å². The smallest absolute Gasteiger partial charge is 0.233 e. The summed E-state index contributed by atoms with van der Waals surface area (Å²) in [5.41, 5.74) is 2.32. The average molecular weight is 376 g/mol. The van der Waals surface area contributed by atoms with E-state index >= 15 is 0 Å². The third-order valence-electron chi connectivity index (χ3n) is 4.64. The quantitative estimate of drug-likeness (QED) is 0.719. The van der Waals surface area contributed by atoms with E-state index in [1.807, 2.05) is 35.6 Å². The first-order valence-corrected chi connectivity index (χ1v) is 9.58. The van der Waals surface area contributed by atoms with E-state index in [-0.39, 0.29) is 5.91 Å². The van der Waals surface area contributed by atoms with Crippen LogP contribution in [-0.4, -0.2) is 52.1 Å². The maximum Gasteiger partial charge on any atom is 0.233 e. The first-order chi connectivity index (χ1) is 12.6. The normalized spacial score (nSPS) is 13.5. The van der Waals surface area contributed by atoms with Crippen LogP contribution in [-0.2, 0) is 31.2 Å². The predicted octanol–water partition coefficient (Wildman–Crippen LogP) is 2.07. The Bertz CT molecular complexity index is 806. The van der Waals surface area contributed by atoms with Crippen LogP contribution in [0.2, 0.25) is 0 Å². The monoisotopic (exact) mass is 376 g/mol. The van der Waals surface area contributed by atoms with E-state index in [9.17, 15) is 4.79 Å². The van der Waals surface area contributed by atoms with E-state index in [4.69, 9.17) is 9.47 Å². The molecule has 0 radical (unpaired) electrons. The zero-order valence-electron chi connectivity index (χ0n) is 15.6. The summed E-state index contributed by atoms with van der Waals surface area (Å²) in [6.07, 6.45) is 1.64. The molecule has 0 atom stereocenters. The second-order valence-electron chi connectivity index (χ2n) is 6.14. The van der Waals surface area contributed by atoms with Crippen LogP contribution >= 0.6 is 11.8 Å². The van der Waals surface area contributed by atoms with Gasteiger partial charge < -0.3 is 18.9 Å². The number of hydrogen-bond acceptors (Lipinski definition) is 6. The van der Waals surface area contributed by atoms with E-state index in [0.29, 0.717) is 24.6 Å².